The summed E-state index contributed by atoms with van der Waals surface area (Å²) in [6, 6.07) is -1.67. The standard InChI is InChI=1S/C30H49N8O6P/c1-18(26(39)42-15-29(3,4)5)36-45(41,37-19(2)27(40)43-16-30(6,7)8)44-14-20-9-12-22(13-20)38-17-32-23-24(33-21-10-11-21)34-28(31)35-25(23)38/h9,12,17-22H,10-11,13-16H2,1-8H3,(H2,36,37,41)(H3,31,33,34,35)/t18-,19-,20+,22-/m0/s1. The number of nitrogens with one attached hydrogen (secondary N) is 3. The van der Waals surface area contributed by atoms with E-state index < -0.39 is 31.7 Å². The summed E-state index contributed by atoms with van der Waals surface area (Å²) in [4.78, 5) is 38.8. The van der Waals surface area contributed by atoms with Crippen LogP contribution < -0.4 is 21.2 Å². The molecule has 15 heteroatoms. The van der Waals surface area contributed by atoms with Crippen molar-refractivity contribution < 1.29 is 28.2 Å². The Morgan fingerprint density at radius 2 is 1.58 bits per heavy atom. The number of nitrogen functional groups attached to an aromatic ring is 1. The zero-order chi connectivity index (χ0) is 33.2. The highest BCUT2D eigenvalue weighted by Gasteiger charge is 2.35. The highest BCUT2D eigenvalue weighted by molar-refractivity contribution is 7.54. The molecule has 2 aromatic heterocycles. The third kappa shape index (κ3) is 10.2. The maximum absolute atomic E-state index is 14.1. The van der Waals surface area contributed by atoms with Gasteiger partial charge >= 0.3 is 19.6 Å². The average molecular weight is 649 g/mol. The van der Waals surface area contributed by atoms with Crippen LogP contribution in [0.3, 0.4) is 0 Å². The molecule has 1 fully saturated rings. The molecule has 5 N–H and O–H groups in total. The van der Waals surface area contributed by atoms with Crippen molar-refractivity contribution in [2.24, 2.45) is 16.7 Å². The number of nitrogens with zero attached hydrogens (tertiary/aromatic N) is 4. The Morgan fingerprint density at radius 1 is 1.00 bits per heavy atom. The fourth-order valence-corrected chi connectivity index (χ4v) is 6.39. The number of nitrogens with two attached hydrogens (primary N) is 1. The van der Waals surface area contributed by atoms with Crippen molar-refractivity contribution in [3.05, 3.63) is 18.5 Å². The number of anilines is 2. The van der Waals surface area contributed by atoms with Crippen LogP contribution in [0.2, 0.25) is 0 Å². The van der Waals surface area contributed by atoms with Gasteiger partial charge in [-0.2, -0.15) is 9.97 Å². The first-order chi connectivity index (χ1) is 20.9. The van der Waals surface area contributed by atoms with E-state index in [2.05, 4.69) is 30.4 Å². The third-order valence-corrected chi connectivity index (χ3v) is 9.03. The van der Waals surface area contributed by atoms with Crippen molar-refractivity contribution in [3.63, 3.8) is 0 Å². The number of hydrogen-bond donors (Lipinski definition) is 4. The topological polar surface area (TPSA) is 185 Å². The van der Waals surface area contributed by atoms with Gasteiger partial charge in [0.05, 0.1) is 32.2 Å². The second-order valence-corrected chi connectivity index (χ2v) is 16.4. The van der Waals surface area contributed by atoms with E-state index >= 15 is 0 Å². The molecule has 45 heavy (non-hydrogen) atoms. The smallest absolute Gasteiger partial charge is 0.342 e. The van der Waals surface area contributed by atoms with Crippen LogP contribution in [0.25, 0.3) is 11.2 Å². The summed E-state index contributed by atoms with van der Waals surface area (Å²) >= 11 is 0. The first kappa shape index (κ1) is 34.8. The molecule has 14 nitrogen and oxygen atoms in total. The Morgan fingerprint density at radius 3 is 2.11 bits per heavy atom. The van der Waals surface area contributed by atoms with Crippen LogP contribution in [0.1, 0.15) is 80.7 Å². The fourth-order valence-electron chi connectivity index (χ4n) is 4.53. The Balaban J connectivity index is 1.43. The molecule has 2 aromatic rings. The van der Waals surface area contributed by atoms with Gasteiger partial charge in [-0.25, -0.2) is 15.2 Å². The molecule has 0 saturated heterocycles. The molecule has 250 valence electrons. The lowest BCUT2D eigenvalue weighted by Crippen LogP contribution is -2.43. The van der Waals surface area contributed by atoms with Crippen molar-refractivity contribution in [2.75, 3.05) is 30.9 Å². The van der Waals surface area contributed by atoms with E-state index in [0.29, 0.717) is 29.4 Å². The molecule has 0 aliphatic heterocycles. The maximum atomic E-state index is 14.1. The van der Waals surface area contributed by atoms with Crippen LogP contribution in [0.5, 0.6) is 0 Å². The van der Waals surface area contributed by atoms with Crippen LogP contribution in [-0.2, 0) is 28.2 Å². The van der Waals surface area contributed by atoms with E-state index in [0.717, 1.165) is 12.8 Å². The number of allylic oxidation sites excluding steroid dienone is 1. The fraction of sp³-hybridized carbons (Fsp3) is 0.700. The number of ether oxygens (including phenoxy) is 2. The Bertz CT molecular complexity index is 1400. The van der Waals surface area contributed by atoms with Gasteiger partial charge in [-0.1, -0.05) is 53.7 Å². The lowest BCUT2D eigenvalue weighted by Gasteiger charge is -2.28. The minimum Gasteiger partial charge on any atom is -0.464 e. The molecule has 0 bridgehead atoms. The summed E-state index contributed by atoms with van der Waals surface area (Å²) in [5, 5.41) is 8.91. The number of rotatable bonds is 14. The Kier molecular flexibility index (Phi) is 10.6. The molecule has 0 spiro atoms. The summed E-state index contributed by atoms with van der Waals surface area (Å²) in [6.45, 7) is 15.2. The van der Waals surface area contributed by atoms with Crippen LogP contribution >= 0.6 is 7.67 Å². The molecule has 0 aromatic carbocycles. The van der Waals surface area contributed by atoms with Gasteiger partial charge in [-0.15, -0.1) is 0 Å². The first-order valence-electron chi connectivity index (χ1n) is 15.5. The van der Waals surface area contributed by atoms with Gasteiger partial charge in [0.25, 0.3) is 0 Å². The minimum absolute atomic E-state index is 0.0516. The molecule has 1 saturated carbocycles. The molecule has 4 rings (SSSR count). The molecule has 0 unspecified atom stereocenters. The number of carbonyl (C=O) groups excluding carboxylic acids is 2. The predicted molar refractivity (Wildman–Crippen MR) is 172 cm³/mol. The number of fused-ring (bicyclic) bond motifs is 1. The van der Waals surface area contributed by atoms with E-state index in [1.807, 2.05) is 58.3 Å². The first-order valence-corrected chi connectivity index (χ1v) is 17.1. The van der Waals surface area contributed by atoms with E-state index in [-0.39, 0.29) is 48.6 Å². The van der Waals surface area contributed by atoms with Gasteiger partial charge in [-0.05, 0) is 43.9 Å². The van der Waals surface area contributed by atoms with Gasteiger partial charge in [0.1, 0.15) is 12.1 Å². The lowest BCUT2D eigenvalue weighted by atomic mass is 9.99. The van der Waals surface area contributed by atoms with Gasteiger partial charge in [0, 0.05) is 12.0 Å². The van der Waals surface area contributed by atoms with E-state index in [1.54, 1.807) is 20.2 Å². The lowest BCUT2D eigenvalue weighted by molar-refractivity contribution is -0.148. The summed E-state index contributed by atoms with van der Waals surface area (Å²) in [5.41, 5.74) is 6.82. The van der Waals surface area contributed by atoms with Crippen LogP contribution in [0.15, 0.2) is 18.5 Å². The Hall–Kier alpha value is -3.06. The summed E-state index contributed by atoms with van der Waals surface area (Å²) in [6.07, 6.45) is 8.51. The second kappa shape index (κ2) is 13.7. The SMILES string of the molecule is C[C@H](NP(=O)(N[C@@H](C)C(=O)OCC(C)(C)C)OC[C@@H]1C=C[C@H](n2cnc3c(NC4CC4)nc(N)nc32)C1)C(=O)OCC(C)(C)C. The number of hydrogen-bond acceptors (Lipinski definition) is 11. The monoisotopic (exact) mass is 648 g/mol. The molecule has 2 aliphatic rings. The zero-order valence-electron chi connectivity index (χ0n) is 27.6. The molecule has 0 amide bonds. The van der Waals surface area contributed by atoms with Crippen LogP contribution in [0, 0.1) is 16.7 Å². The van der Waals surface area contributed by atoms with Gasteiger partial charge < -0.3 is 29.6 Å². The largest absolute Gasteiger partial charge is 0.464 e. The molecule has 4 atom stereocenters. The zero-order valence-corrected chi connectivity index (χ0v) is 28.5. The van der Waals surface area contributed by atoms with Gasteiger partial charge in [0.2, 0.25) is 5.95 Å². The van der Waals surface area contributed by atoms with E-state index in [4.69, 9.17) is 19.7 Å². The number of aromatic nitrogens is 4. The van der Waals surface area contributed by atoms with Crippen molar-refractivity contribution in [1.29, 1.82) is 0 Å². The molecule has 2 heterocycles. The normalized spacial score (nSPS) is 20.3. The second-order valence-electron chi connectivity index (χ2n) is 14.5. The van der Waals surface area contributed by atoms with Crippen molar-refractivity contribution in [1.82, 2.24) is 29.7 Å². The highest BCUT2D eigenvalue weighted by Crippen LogP contribution is 2.42. The van der Waals surface area contributed by atoms with Crippen molar-refractivity contribution in [3.8, 4) is 0 Å². The van der Waals surface area contributed by atoms with Crippen LogP contribution in [0.4, 0.5) is 11.8 Å². The maximum Gasteiger partial charge on any atom is 0.342 e. The van der Waals surface area contributed by atoms with Crippen LogP contribution in [-0.4, -0.2) is 69.4 Å². The quantitative estimate of drug-likeness (QED) is 0.129. The Labute approximate surface area is 265 Å². The van der Waals surface area contributed by atoms with Crippen molar-refractivity contribution in [2.45, 2.75) is 98.8 Å². The number of esters is 2. The molecule has 2 aliphatic carbocycles. The molecular weight excluding hydrogens is 599 g/mol. The highest BCUT2D eigenvalue weighted by atomic mass is 31.2. The summed E-state index contributed by atoms with van der Waals surface area (Å²) < 4.78 is 32.9. The van der Waals surface area contributed by atoms with E-state index in [1.165, 1.54) is 0 Å². The van der Waals surface area contributed by atoms with E-state index in [9.17, 15) is 14.2 Å². The number of imidazole rings is 1. The summed E-state index contributed by atoms with van der Waals surface area (Å²) in [7, 11) is -3.96. The number of carbonyl (C=O) groups is 2. The van der Waals surface area contributed by atoms with Crippen molar-refractivity contribution >= 4 is 42.5 Å². The van der Waals surface area contributed by atoms with Gasteiger partial charge in [0.15, 0.2) is 17.0 Å². The predicted octanol–water partition coefficient (Wildman–Crippen LogP) is 4.36. The molecule has 0 radical (unpaired) electrons. The molecular formula is C30H49N8O6P. The average Bonchev–Trinajstić information content (AvgIpc) is 3.44. The third-order valence-electron chi connectivity index (χ3n) is 7.06. The van der Waals surface area contributed by atoms with Gasteiger partial charge in [-0.3, -0.25) is 14.2 Å². The minimum atomic E-state index is -3.96. The summed E-state index contributed by atoms with van der Waals surface area (Å²) in [5.74, 6) is -0.494.